The van der Waals surface area contributed by atoms with E-state index < -0.39 is 22.0 Å². The Balaban J connectivity index is 2.46. The first-order valence-corrected chi connectivity index (χ1v) is 12.4. The molecule has 0 saturated heterocycles. The average molecular weight is 460 g/mol. The molecule has 7 nitrogen and oxygen atoms in total. The Morgan fingerprint density at radius 2 is 1.59 bits per heavy atom. The number of nitrogens with zero attached hydrogens (tertiary/aromatic N) is 2. The maximum absolute atomic E-state index is 13.5. The SMILES string of the molecule is CC[C@H](C(=O)NC)N(Cc1ccc(C)cc1)C(=O)CN(c1cc(C)ccc1C)S(C)(=O)=O. The highest BCUT2D eigenvalue weighted by Crippen LogP contribution is 2.25. The summed E-state index contributed by atoms with van der Waals surface area (Å²) in [6, 6.07) is 12.5. The normalized spacial score (nSPS) is 12.2. The number of sulfonamides is 1. The van der Waals surface area contributed by atoms with Crippen molar-refractivity contribution in [3.63, 3.8) is 0 Å². The van der Waals surface area contributed by atoms with Crippen LogP contribution in [0.4, 0.5) is 5.69 Å². The quantitative estimate of drug-likeness (QED) is 0.625. The van der Waals surface area contributed by atoms with Gasteiger partial charge in [0.25, 0.3) is 0 Å². The second kappa shape index (κ2) is 10.6. The van der Waals surface area contributed by atoms with E-state index in [1.54, 1.807) is 13.0 Å². The molecule has 0 aliphatic carbocycles. The van der Waals surface area contributed by atoms with Crippen LogP contribution in [0, 0.1) is 20.8 Å². The van der Waals surface area contributed by atoms with Crippen LogP contribution in [0.3, 0.4) is 0 Å². The number of nitrogens with one attached hydrogen (secondary N) is 1. The van der Waals surface area contributed by atoms with Crippen molar-refractivity contribution in [2.24, 2.45) is 0 Å². The molecule has 0 heterocycles. The van der Waals surface area contributed by atoms with E-state index in [2.05, 4.69) is 5.32 Å². The average Bonchev–Trinajstić information content (AvgIpc) is 2.73. The number of aryl methyl sites for hydroxylation is 3. The van der Waals surface area contributed by atoms with Gasteiger partial charge in [0.2, 0.25) is 21.8 Å². The summed E-state index contributed by atoms with van der Waals surface area (Å²) in [7, 11) is -2.21. The molecule has 2 amide bonds. The van der Waals surface area contributed by atoms with Crippen molar-refractivity contribution in [3.8, 4) is 0 Å². The number of likely N-dealkylation sites (N-methyl/N-ethyl adjacent to an activating group) is 1. The number of benzene rings is 2. The van der Waals surface area contributed by atoms with Crippen LogP contribution < -0.4 is 9.62 Å². The fourth-order valence-electron chi connectivity index (χ4n) is 3.56. The zero-order chi connectivity index (χ0) is 24.1. The van der Waals surface area contributed by atoms with E-state index in [1.165, 1.54) is 11.9 Å². The van der Waals surface area contributed by atoms with Crippen LogP contribution in [-0.2, 0) is 26.2 Å². The van der Waals surface area contributed by atoms with Crippen molar-refractivity contribution in [1.82, 2.24) is 10.2 Å². The molecule has 2 aromatic rings. The molecule has 0 aliphatic heterocycles. The van der Waals surface area contributed by atoms with E-state index in [9.17, 15) is 18.0 Å². The van der Waals surface area contributed by atoms with Gasteiger partial charge in [0.1, 0.15) is 12.6 Å². The first kappa shape index (κ1) is 25.4. The first-order valence-electron chi connectivity index (χ1n) is 10.6. The zero-order valence-corrected chi connectivity index (χ0v) is 20.5. The van der Waals surface area contributed by atoms with E-state index in [4.69, 9.17) is 0 Å². The summed E-state index contributed by atoms with van der Waals surface area (Å²) in [5, 5.41) is 2.61. The summed E-state index contributed by atoms with van der Waals surface area (Å²) in [5.41, 5.74) is 4.05. The van der Waals surface area contributed by atoms with Crippen LogP contribution >= 0.6 is 0 Å². The smallest absolute Gasteiger partial charge is 0.244 e. The Morgan fingerprint density at radius 1 is 1.00 bits per heavy atom. The molecule has 2 rings (SSSR count). The summed E-state index contributed by atoms with van der Waals surface area (Å²) in [6.07, 6.45) is 1.49. The van der Waals surface area contributed by atoms with Crippen molar-refractivity contribution in [2.75, 3.05) is 24.2 Å². The zero-order valence-electron chi connectivity index (χ0n) is 19.7. The summed E-state index contributed by atoms with van der Waals surface area (Å²) in [4.78, 5) is 27.5. The number of amides is 2. The van der Waals surface area contributed by atoms with Crippen LogP contribution in [0.1, 0.15) is 35.6 Å². The van der Waals surface area contributed by atoms with Gasteiger partial charge in [-0.2, -0.15) is 0 Å². The standard InChI is InChI=1S/C24H33N3O4S/c1-7-21(24(29)25-5)26(15-20-12-9-17(2)10-13-20)23(28)16-27(32(6,30)31)22-14-18(3)8-11-19(22)4/h8-14,21H,7,15-16H2,1-6H3,(H,25,29)/t21-/m1/s1. The van der Waals surface area contributed by atoms with Gasteiger partial charge in [-0.15, -0.1) is 0 Å². The molecule has 8 heteroatoms. The number of carbonyl (C=O) groups excluding carboxylic acids is 2. The molecule has 0 aliphatic rings. The second-order valence-electron chi connectivity index (χ2n) is 8.11. The van der Waals surface area contributed by atoms with E-state index in [0.717, 1.165) is 32.8 Å². The molecule has 32 heavy (non-hydrogen) atoms. The maximum atomic E-state index is 13.5. The van der Waals surface area contributed by atoms with E-state index >= 15 is 0 Å². The lowest BCUT2D eigenvalue weighted by atomic mass is 10.1. The van der Waals surface area contributed by atoms with Gasteiger partial charge in [0.05, 0.1) is 11.9 Å². The lowest BCUT2D eigenvalue weighted by molar-refractivity contribution is -0.140. The summed E-state index contributed by atoms with van der Waals surface area (Å²) < 4.78 is 26.4. The van der Waals surface area contributed by atoms with Crippen LogP contribution in [0.2, 0.25) is 0 Å². The molecule has 0 spiro atoms. The van der Waals surface area contributed by atoms with Gasteiger partial charge in [-0.05, 0) is 49.9 Å². The molecule has 1 atom stereocenters. The summed E-state index contributed by atoms with van der Waals surface area (Å²) >= 11 is 0. The third kappa shape index (κ3) is 6.32. The number of carbonyl (C=O) groups is 2. The van der Waals surface area contributed by atoms with Crippen LogP contribution in [0.25, 0.3) is 0 Å². The number of hydrogen-bond donors (Lipinski definition) is 1. The molecule has 0 saturated carbocycles. The topological polar surface area (TPSA) is 86.8 Å². The second-order valence-corrected chi connectivity index (χ2v) is 10.0. The Bertz CT molecular complexity index is 1070. The van der Waals surface area contributed by atoms with Gasteiger partial charge in [0, 0.05) is 13.6 Å². The predicted molar refractivity (Wildman–Crippen MR) is 128 cm³/mol. The summed E-state index contributed by atoms with van der Waals surface area (Å²) in [5.74, 6) is -0.724. The molecule has 0 bridgehead atoms. The molecule has 0 aromatic heterocycles. The van der Waals surface area contributed by atoms with Crippen LogP contribution in [-0.4, -0.2) is 51.0 Å². The van der Waals surface area contributed by atoms with E-state index in [1.807, 2.05) is 57.2 Å². The highest BCUT2D eigenvalue weighted by molar-refractivity contribution is 7.92. The van der Waals surface area contributed by atoms with E-state index in [0.29, 0.717) is 12.1 Å². The van der Waals surface area contributed by atoms with Gasteiger partial charge >= 0.3 is 0 Å². The number of anilines is 1. The fourth-order valence-corrected chi connectivity index (χ4v) is 4.46. The Labute approximate surface area is 191 Å². The molecule has 0 radical (unpaired) electrons. The fraction of sp³-hybridized carbons (Fsp3) is 0.417. The van der Waals surface area contributed by atoms with Crippen molar-refractivity contribution in [1.29, 1.82) is 0 Å². The molecule has 0 unspecified atom stereocenters. The Morgan fingerprint density at radius 3 is 2.12 bits per heavy atom. The van der Waals surface area contributed by atoms with Gasteiger partial charge in [-0.25, -0.2) is 8.42 Å². The third-order valence-corrected chi connectivity index (χ3v) is 6.54. The molecular formula is C24H33N3O4S. The molecule has 0 fully saturated rings. The van der Waals surface area contributed by atoms with Crippen molar-refractivity contribution in [3.05, 3.63) is 64.7 Å². The minimum absolute atomic E-state index is 0.204. The van der Waals surface area contributed by atoms with Gasteiger partial charge in [0.15, 0.2) is 0 Å². The number of rotatable bonds is 9. The van der Waals surface area contributed by atoms with Gasteiger partial charge < -0.3 is 10.2 Å². The van der Waals surface area contributed by atoms with Crippen molar-refractivity contribution < 1.29 is 18.0 Å². The highest BCUT2D eigenvalue weighted by atomic mass is 32.2. The Hall–Kier alpha value is -2.87. The van der Waals surface area contributed by atoms with E-state index in [-0.39, 0.29) is 19.0 Å². The predicted octanol–water partition coefficient (Wildman–Crippen LogP) is 2.93. The van der Waals surface area contributed by atoms with Gasteiger partial charge in [-0.3, -0.25) is 13.9 Å². The minimum Gasteiger partial charge on any atom is -0.357 e. The minimum atomic E-state index is -3.74. The lowest BCUT2D eigenvalue weighted by Gasteiger charge is -2.33. The van der Waals surface area contributed by atoms with Crippen LogP contribution in [0.5, 0.6) is 0 Å². The summed E-state index contributed by atoms with van der Waals surface area (Å²) in [6.45, 7) is 7.29. The third-order valence-electron chi connectivity index (χ3n) is 5.42. The Kier molecular flexibility index (Phi) is 8.44. The molecule has 2 aromatic carbocycles. The molecule has 1 N–H and O–H groups in total. The largest absolute Gasteiger partial charge is 0.357 e. The lowest BCUT2D eigenvalue weighted by Crippen LogP contribution is -2.51. The molecular weight excluding hydrogens is 426 g/mol. The maximum Gasteiger partial charge on any atom is 0.244 e. The first-order chi connectivity index (χ1) is 15.0. The highest BCUT2D eigenvalue weighted by Gasteiger charge is 2.31. The van der Waals surface area contributed by atoms with Crippen LogP contribution in [0.15, 0.2) is 42.5 Å². The van der Waals surface area contributed by atoms with Crippen molar-refractivity contribution in [2.45, 2.75) is 46.7 Å². The number of hydrogen-bond acceptors (Lipinski definition) is 4. The molecule has 174 valence electrons. The monoisotopic (exact) mass is 459 g/mol. The van der Waals surface area contributed by atoms with Crippen molar-refractivity contribution >= 4 is 27.5 Å². The van der Waals surface area contributed by atoms with Gasteiger partial charge in [-0.1, -0.05) is 48.9 Å².